The number of anilines is 1. The lowest BCUT2D eigenvalue weighted by Gasteiger charge is -2.09. The molecule has 0 saturated carbocycles. The minimum absolute atomic E-state index is 0.230. The highest BCUT2D eigenvalue weighted by Gasteiger charge is 2.14. The van der Waals surface area contributed by atoms with E-state index in [9.17, 15) is 8.42 Å². The second-order valence-electron chi connectivity index (χ2n) is 6.10. The third-order valence-corrected chi connectivity index (χ3v) is 5.48. The molecule has 2 aromatic carbocycles. The van der Waals surface area contributed by atoms with Crippen LogP contribution in [0.4, 0.5) is 5.69 Å². The Bertz CT molecular complexity index is 1180. The van der Waals surface area contributed by atoms with Crippen molar-refractivity contribution in [2.24, 2.45) is 0 Å². The van der Waals surface area contributed by atoms with E-state index in [0.717, 1.165) is 22.5 Å². The zero-order chi connectivity index (χ0) is 18.1. The van der Waals surface area contributed by atoms with E-state index in [2.05, 4.69) is 9.71 Å². The fourth-order valence-electron chi connectivity index (χ4n) is 2.78. The first-order valence-corrected chi connectivity index (χ1v) is 9.63. The molecule has 0 atom stereocenters. The first-order chi connectivity index (χ1) is 12.5. The van der Waals surface area contributed by atoms with Crippen LogP contribution in [-0.2, 0) is 10.0 Å². The lowest BCUT2D eigenvalue weighted by Crippen LogP contribution is -2.12. The molecule has 130 valence electrons. The van der Waals surface area contributed by atoms with E-state index < -0.39 is 10.0 Å². The Morgan fingerprint density at radius 2 is 1.77 bits per heavy atom. The molecular weight excluding hydrogens is 346 g/mol. The van der Waals surface area contributed by atoms with E-state index in [1.54, 1.807) is 42.5 Å². The topological polar surface area (TPSA) is 63.5 Å². The highest BCUT2D eigenvalue weighted by molar-refractivity contribution is 7.92. The zero-order valence-corrected chi connectivity index (χ0v) is 14.9. The molecule has 0 bridgehead atoms. The summed E-state index contributed by atoms with van der Waals surface area (Å²) in [6, 6.07) is 19.6. The monoisotopic (exact) mass is 363 g/mol. The molecular formula is C20H17N3O2S. The van der Waals surface area contributed by atoms with Crippen molar-refractivity contribution >= 4 is 21.4 Å². The van der Waals surface area contributed by atoms with Gasteiger partial charge in [0.05, 0.1) is 10.6 Å². The predicted octanol–water partition coefficient (Wildman–Crippen LogP) is 4.11. The third-order valence-electron chi connectivity index (χ3n) is 4.08. The van der Waals surface area contributed by atoms with Crippen molar-refractivity contribution < 1.29 is 8.42 Å². The minimum atomic E-state index is -3.62. The van der Waals surface area contributed by atoms with Gasteiger partial charge in [-0.05, 0) is 48.9 Å². The maximum absolute atomic E-state index is 12.5. The Balaban J connectivity index is 1.68. The second-order valence-corrected chi connectivity index (χ2v) is 7.78. The van der Waals surface area contributed by atoms with Crippen molar-refractivity contribution in [3.05, 3.63) is 84.7 Å². The SMILES string of the molecule is Cc1ccn2cc(-c3cccc(NS(=O)(=O)c4ccccc4)c3)nc2c1. The van der Waals surface area contributed by atoms with Crippen LogP contribution in [0.2, 0.25) is 0 Å². The van der Waals surface area contributed by atoms with Crippen LogP contribution in [0.15, 0.2) is 84.0 Å². The average Bonchev–Trinajstić information content (AvgIpc) is 3.05. The number of sulfonamides is 1. The average molecular weight is 363 g/mol. The Hall–Kier alpha value is -3.12. The Morgan fingerprint density at radius 3 is 2.58 bits per heavy atom. The van der Waals surface area contributed by atoms with Crippen molar-refractivity contribution in [3.8, 4) is 11.3 Å². The molecule has 5 nitrogen and oxygen atoms in total. The molecule has 0 fully saturated rings. The van der Waals surface area contributed by atoms with Gasteiger partial charge in [0.15, 0.2) is 0 Å². The van der Waals surface area contributed by atoms with Crippen LogP contribution in [0.25, 0.3) is 16.9 Å². The van der Waals surface area contributed by atoms with E-state index in [4.69, 9.17) is 0 Å². The first-order valence-electron chi connectivity index (χ1n) is 8.15. The number of pyridine rings is 1. The number of hydrogen-bond donors (Lipinski definition) is 1. The number of fused-ring (bicyclic) bond motifs is 1. The number of aryl methyl sites for hydroxylation is 1. The fourth-order valence-corrected chi connectivity index (χ4v) is 3.85. The van der Waals surface area contributed by atoms with Gasteiger partial charge in [-0.1, -0.05) is 30.3 Å². The quantitative estimate of drug-likeness (QED) is 0.593. The van der Waals surface area contributed by atoms with Gasteiger partial charge < -0.3 is 4.40 Å². The van der Waals surface area contributed by atoms with Crippen LogP contribution < -0.4 is 4.72 Å². The molecule has 1 N–H and O–H groups in total. The van der Waals surface area contributed by atoms with Gasteiger partial charge in [0.2, 0.25) is 0 Å². The Labute approximate surface area is 152 Å². The highest BCUT2D eigenvalue weighted by Crippen LogP contribution is 2.24. The molecule has 0 saturated heterocycles. The lowest BCUT2D eigenvalue weighted by molar-refractivity contribution is 0.601. The van der Waals surface area contributed by atoms with Crippen LogP contribution in [0.1, 0.15) is 5.56 Å². The van der Waals surface area contributed by atoms with E-state index in [-0.39, 0.29) is 4.90 Å². The van der Waals surface area contributed by atoms with Crippen LogP contribution in [-0.4, -0.2) is 17.8 Å². The third kappa shape index (κ3) is 3.19. The predicted molar refractivity (Wildman–Crippen MR) is 103 cm³/mol. The standard InChI is InChI=1S/C20H17N3O2S/c1-15-10-11-23-14-19(21-20(23)12-15)16-6-5-7-17(13-16)22-26(24,25)18-8-3-2-4-9-18/h2-14,22H,1H3. The van der Waals surface area contributed by atoms with Crippen molar-refractivity contribution in [1.82, 2.24) is 9.38 Å². The molecule has 4 rings (SSSR count). The molecule has 0 aliphatic carbocycles. The largest absolute Gasteiger partial charge is 0.306 e. The summed E-state index contributed by atoms with van der Waals surface area (Å²) in [4.78, 5) is 4.86. The summed E-state index contributed by atoms with van der Waals surface area (Å²) in [7, 11) is -3.62. The molecule has 4 aromatic rings. The molecule has 0 aliphatic heterocycles. The number of hydrogen-bond acceptors (Lipinski definition) is 3. The van der Waals surface area contributed by atoms with E-state index >= 15 is 0 Å². The van der Waals surface area contributed by atoms with Crippen LogP contribution in [0.5, 0.6) is 0 Å². The van der Waals surface area contributed by atoms with Gasteiger partial charge in [-0.15, -0.1) is 0 Å². The fraction of sp³-hybridized carbons (Fsp3) is 0.0500. The number of nitrogens with zero attached hydrogens (tertiary/aromatic N) is 2. The van der Waals surface area contributed by atoms with Gasteiger partial charge >= 0.3 is 0 Å². The van der Waals surface area contributed by atoms with E-state index in [0.29, 0.717) is 5.69 Å². The van der Waals surface area contributed by atoms with Gasteiger partial charge in [-0.2, -0.15) is 0 Å². The van der Waals surface area contributed by atoms with Crippen LogP contribution >= 0.6 is 0 Å². The van der Waals surface area contributed by atoms with Crippen molar-refractivity contribution in [1.29, 1.82) is 0 Å². The molecule has 6 heteroatoms. The molecule has 0 amide bonds. The molecule has 0 aliphatic rings. The zero-order valence-electron chi connectivity index (χ0n) is 14.1. The Morgan fingerprint density at radius 1 is 0.962 bits per heavy atom. The maximum atomic E-state index is 12.5. The van der Waals surface area contributed by atoms with Gasteiger partial charge in [0, 0.05) is 23.6 Å². The van der Waals surface area contributed by atoms with Gasteiger partial charge in [0.25, 0.3) is 10.0 Å². The molecule has 0 unspecified atom stereocenters. The summed E-state index contributed by atoms with van der Waals surface area (Å²) in [5.74, 6) is 0. The molecule has 26 heavy (non-hydrogen) atoms. The van der Waals surface area contributed by atoms with Gasteiger partial charge in [-0.25, -0.2) is 13.4 Å². The lowest BCUT2D eigenvalue weighted by atomic mass is 10.1. The highest BCUT2D eigenvalue weighted by atomic mass is 32.2. The van der Waals surface area contributed by atoms with Crippen molar-refractivity contribution in [2.75, 3.05) is 4.72 Å². The first kappa shape index (κ1) is 16.4. The molecule has 2 aromatic heterocycles. The molecule has 2 heterocycles. The molecule has 0 radical (unpaired) electrons. The van der Waals surface area contributed by atoms with Gasteiger partial charge in [0.1, 0.15) is 5.65 Å². The van der Waals surface area contributed by atoms with E-state index in [1.165, 1.54) is 0 Å². The summed E-state index contributed by atoms with van der Waals surface area (Å²) in [5, 5.41) is 0. The molecule has 0 spiro atoms. The maximum Gasteiger partial charge on any atom is 0.261 e. The number of nitrogens with one attached hydrogen (secondary N) is 1. The number of aromatic nitrogens is 2. The smallest absolute Gasteiger partial charge is 0.261 e. The van der Waals surface area contributed by atoms with Gasteiger partial charge in [-0.3, -0.25) is 4.72 Å². The summed E-state index contributed by atoms with van der Waals surface area (Å²) in [6.45, 7) is 2.02. The van der Waals surface area contributed by atoms with Crippen molar-refractivity contribution in [2.45, 2.75) is 11.8 Å². The van der Waals surface area contributed by atoms with E-state index in [1.807, 2.05) is 48.0 Å². The normalized spacial score (nSPS) is 11.6. The Kier molecular flexibility index (Phi) is 3.97. The van der Waals surface area contributed by atoms with Crippen LogP contribution in [0.3, 0.4) is 0 Å². The number of imidazole rings is 1. The second kappa shape index (κ2) is 6.31. The number of rotatable bonds is 4. The summed E-state index contributed by atoms with van der Waals surface area (Å²) < 4.78 is 29.6. The minimum Gasteiger partial charge on any atom is -0.306 e. The number of benzene rings is 2. The summed E-state index contributed by atoms with van der Waals surface area (Å²) in [6.07, 6.45) is 3.89. The van der Waals surface area contributed by atoms with Crippen molar-refractivity contribution in [3.63, 3.8) is 0 Å². The summed E-state index contributed by atoms with van der Waals surface area (Å²) in [5.41, 5.74) is 4.13. The van der Waals surface area contributed by atoms with Crippen LogP contribution in [0, 0.1) is 6.92 Å². The summed E-state index contributed by atoms with van der Waals surface area (Å²) >= 11 is 0.